The van der Waals surface area contributed by atoms with Crippen molar-refractivity contribution in [2.45, 2.75) is 74.4 Å². The minimum absolute atomic E-state index is 0.0416. The van der Waals surface area contributed by atoms with Gasteiger partial charge in [0.1, 0.15) is 6.04 Å². The average Bonchev–Trinajstić information content (AvgIpc) is 3.54. The van der Waals surface area contributed by atoms with E-state index in [-0.39, 0.29) is 53.5 Å². The largest absolute Gasteiger partial charge is 0.466 e. The van der Waals surface area contributed by atoms with Gasteiger partial charge in [-0.05, 0) is 63.8 Å². The van der Waals surface area contributed by atoms with Gasteiger partial charge >= 0.3 is 5.97 Å². The molecule has 1 spiro atoms. The van der Waals surface area contributed by atoms with Gasteiger partial charge in [0.05, 0.1) is 35.8 Å². The molecule has 0 radical (unpaired) electrons. The fraction of sp³-hybridized carbons (Fsp3) is 0.645. The maximum atomic E-state index is 14.8. The lowest BCUT2D eigenvalue weighted by molar-refractivity contribution is -0.154. The van der Waals surface area contributed by atoms with Crippen LogP contribution in [0.3, 0.4) is 0 Å². The molecule has 0 saturated carbocycles. The molecule has 1 aromatic rings. The number of esters is 1. The van der Waals surface area contributed by atoms with Gasteiger partial charge in [0.25, 0.3) is 5.91 Å². The van der Waals surface area contributed by atoms with Crippen molar-refractivity contribution in [3.8, 4) is 0 Å². The van der Waals surface area contributed by atoms with Crippen LogP contribution in [0.2, 0.25) is 0 Å². The second kappa shape index (κ2) is 13.1. The van der Waals surface area contributed by atoms with Crippen LogP contribution in [0.1, 0.15) is 47.5 Å². The first-order valence-corrected chi connectivity index (χ1v) is 16.6. The van der Waals surface area contributed by atoms with Crippen molar-refractivity contribution >= 4 is 56.9 Å². The molecule has 2 bridgehead atoms. The van der Waals surface area contributed by atoms with Gasteiger partial charge in [0.15, 0.2) is 0 Å². The lowest BCUT2D eigenvalue weighted by Crippen LogP contribution is -2.58. The number of halogens is 1. The summed E-state index contributed by atoms with van der Waals surface area (Å²) in [6, 6.07) is 6.53. The number of rotatable bonds is 13. The SMILES string of the molecule is C=CCN(C(=O)C1N([C@@H](CO)CC(C)C)C(=O)[C@@H]2[C@H](C(=O)OCC)[C@H]3SC12CC3Br)c1ccc(N(CC)CC)cc1. The van der Waals surface area contributed by atoms with Gasteiger partial charge in [0.2, 0.25) is 5.91 Å². The average molecular weight is 651 g/mol. The van der Waals surface area contributed by atoms with Crippen molar-refractivity contribution in [1.82, 2.24) is 4.90 Å². The van der Waals surface area contributed by atoms with E-state index in [2.05, 4.69) is 41.3 Å². The summed E-state index contributed by atoms with van der Waals surface area (Å²) in [6.07, 6.45) is 2.81. The summed E-state index contributed by atoms with van der Waals surface area (Å²) < 4.78 is 4.65. The van der Waals surface area contributed by atoms with Crippen LogP contribution in [0.4, 0.5) is 11.4 Å². The summed E-state index contributed by atoms with van der Waals surface area (Å²) in [4.78, 5) is 48.0. The second-order valence-electron chi connectivity index (χ2n) is 11.6. The minimum atomic E-state index is -0.840. The normalized spacial score (nSPS) is 29.0. The fourth-order valence-electron chi connectivity index (χ4n) is 7.10. The van der Waals surface area contributed by atoms with E-state index < -0.39 is 28.7 Å². The summed E-state index contributed by atoms with van der Waals surface area (Å²) in [5.74, 6) is -1.97. The Kier molecular flexibility index (Phi) is 10.2. The molecule has 1 N–H and O–H groups in total. The number of aliphatic hydroxyl groups excluding tert-OH is 1. The number of likely N-dealkylation sites (tertiary alicyclic amines) is 1. The Morgan fingerprint density at radius 2 is 1.85 bits per heavy atom. The number of thioether (sulfide) groups is 1. The summed E-state index contributed by atoms with van der Waals surface area (Å²) in [5, 5.41) is 10.4. The Balaban J connectivity index is 1.81. The number of hydrogen-bond acceptors (Lipinski definition) is 7. The van der Waals surface area contributed by atoms with Crippen LogP contribution in [0, 0.1) is 17.8 Å². The quantitative estimate of drug-likeness (QED) is 0.191. The number of carbonyl (C=O) groups excluding carboxylic acids is 3. The van der Waals surface area contributed by atoms with Crippen molar-refractivity contribution in [2.24, 2.45) is 17.8 Å². The van der Waals surface area contributed by atoms with Crippen LogP contribution in [0.5, 0.6) is 0 Å². The number of benzene rings is 1. The molecule has 8 nitrogen and oxygen atoms in total. The van der Waals surface area contributed by atoms with Crippen LogP contribution >= 0.6 is 27.7 Å². The molecule has 3 heterocycles. The number of amides is 2. The second-order valence-corrected chi connectivity index (χ2v) is 14.3. The van der Waals surface area contributed by atoms with E-state index in [9.17, 15) is 19.5 Å². The van der Waals surface area contributed by atoms with Crippen LogP contribution in [-0.2, 0) is 19.1 Å². The van der Waals surface area contributed by atoms with E-state index in [0.29, 0.717) is 12.8 Å². The lowest BCUT2D eigenvalue weighted by atomic mass is 9.71. The molecule has 0 aliphatic carbocycles. The molecule has 3 aliphatic heterocycles. The molecular weight excluding hydrogens is 606 g/mol. The summed E-state index contributed by atoms with van der Waals surface area (Å²) in [6.45, 7) is 16.0. The Morgan fingerprint density at radius 3 is 2.39 bits per heavy atom. The monoisotopic (exact) mass is 649 g/mol. The molecule has 1 aromatic carbocycles. The number of carbonyl (C=O) groups is 3. The van der Waals surface area contributed by atoms with E-state index in [0.717, 1.165) is 24.5 Å². The zero-order chi connectivity index (χ0) is 30.1. The molecule has 7 atom stereocenters. The summed E-state index contributed by atoms with van der Waals surface area (Å²) in [5.41, 5.74) is 1.79. The first-order chi connectivity index (χ1) is 19.6. The molecule has 10 heteroatoms. The van der Waals surface area contributed by atoms with E-state index >= 15 is 0 Å². The number of nitrogens with zero attached hydrogens (tertiary/aromatic N) is 3. The molecule has 41 heavy (non-hydrogen) atoms. The Labute approximate surface area is 257 Å². The highest BCUT2D eigenvalue weighted by Gasteiger charge is 2.76. The predicted octanol–water partition coefficient (Wildman–Crippen LogP) is 4.49. The van der Waals surface area contributed by atoms with Crippen molar-refractivity contribution in [2.75, 3.05) is 42.6 Å². The zero-order valence-corrected chi connectivity index (χ0v) is 27.2. The third-order valence-corrected chi connectivity index (χ3v) is 12.0. The zero-order valence-electron chi connectivity index (χ0n) is 24.8. The van der Waals surface area contributed by atoms with Crippen LogP contribution < -0.4 is 9.80 Å². The molecule has 3 aliphatic rings. The Bertz CT molecular complexity index is 1130. The van der Waals surface area contributed by atoms with Gasteiger partial charge in [-0.25, -0.2) is 0 Å². The van der Waals surface area contributed by atoms with Crippen molar-refractivity contribution < 1.29 is 24.2 Å². The van der Waals surface area contributed by atoms with Gasteiger partial charge in [-0.3, -0.25) is 14.4 Å². The highest BCUT2D eigenvalue weighted by molar-refractivity contribution is 9.09. The van der Waals surface area contributed by atoms with E-state index in [4.69, 9.17) is 4.74 Å². The van der Waals surface area contributed by atoms with Gasteiger partial charge in [-0.2, -0.15) is 0 Å². The molecule has 226 valence electrons. The highest BCUT2D eigenvalue weighted by atomic mass is 79.9. The molecule has 3 fully saturated rings. The predicted molar refractivity (Wildman–Crippen MR) is 169 cm³/mol. The Morgan fingerprint density at radius 1 is 1.22 bits per heavy atom. The highest BCUT2D eigenvalue weighted by Crippen LogP contribution is 2.68. The number of hydrogen-bond donors (Lipinski definition) is 1. The number of aliphatic hydroxyl groups is 1. The molecule has 0 aromatic heterocycles. The fourth-order valence-corrected chi connectivity index (χ4v) is 10.7. The number of ether oxygens (including phenoxy) is 1. The van der Waals surface area contributed by atoms with E-state index in [1.54, 1.807) is 34.6 Å². The molecule has 4 rings (SSSR count). The van der Waals surface area contributed by atoms with Crippen LogP contribution in [-0.4, -0.2) is 87.5 Å². The first kappa shape index (κ1) is 31.9. The topological polar surface area (TPSA) is 90.4 Å². The van der Waals surface area contributed by atoms with Crippen molar-refractivity contribution in [1.29, 1.82) is 0 Å². The molecule has 3 unspecified atom stereocenters. The number of anilines is 2. The van der Waals surface area contributed by atoms with Crippen LogP contribution in [0.15, 0.2) is 36.9 Å². The smallest absolute Gasteiger partial charge is 0.310 e. The van der Waals surface area contributed by atoms with E-state index in [1.165, 1.54) is 0 Å². The molecule has 2 amide bonds. The molecular formula is C31H44BrN3O5S. The number of alkyl halides is 1. The van der Waals surface area contributed by atoms with Gasteiger partial charge in [-0.1, -0.05) is 35.9 Å². The van der Waals surface area contributed by atoms with Crippen LogP contribution in [0.25, 0.3) is 0 Å². The van der Waals surface area contributed by atoms with Gasteiger partial charge in [-0.15, -0.1) is 18.3 Å². The third kappa shape index (κ3) is 5.56. The standard InChI is InChI=1S/C31H44BrN3O5S/c1-7-15-34(21-13-11-20(12-14-21)33(8-2)9-3)29(38)27-31-17-23(32)26(41-31)24(30(39)40-10-4)25(31)28(37)35(27)22(18-36)16-19(5)6/h7,11-14,19,22-27,36H,1,8-10,15-18H2,2-6H3/t22-,23?,24+,25+,26+,27?,31?/m1/s1. The summed E-state index contributed by atoms with van der Waals surface area (Å²) >= 11 is 5.37. The van der Waals surface area contributed by atoms with Crippen molar-refractivity contribution in [3.63, 3.8) is 0 Å². The maximum Gasteiger partial charge on any atom is 0.310 e. The van der Waals surface area contributed by atoms with Gasteiger partial charge in [0, 0.05) is 41.1 Å². The van der Waals surface area contributed by atoms with Crippen molar-refractivity contribution in [3.05, 3.63) is 36.9 Å². The Hall–Kier alpha value is -2.04. The molecule has 3 saturated heterocycles. The van der Waals surface area contributed by atoms with E-state index in [1.807, 2.05) is 38.1 Å². The summed E-state index contributed by atoms with van der Waals surface area (Å²) in [7, 11) is 0. The third-order valence-electron chi connectivity index (χ3n) is 8.74. The first-order valence-electron chi connectivity index (χ1n) is 14.8. The maximum absolute atomic E-state index is 14.8. The van der Waals surface area contributed by atoms with Gasteiger partial charge < -0.3 is 24.5 Å². The number of fused-ring (bicyclic) bond motifs is 1. The minimum Gasteiger partial charge on any atom is -0.466 e. The lowest BCUT2D eigenvalue weighted by Gasteiger charge is -2.40.